The first kappa shape index (κ1) is 16.8. The van der Waals surface area contributed by atoms with Gasteiger partial charge in [0.15, 0.2) is 0 Å². The van der Waals surface area contributed by atoms with E-state index in [9.17, 15) is 21.2 Å². The van der Waals surface area contributed by atoms with Crippen LogP contribution in [0.2, 0.25) is 0 Å². The van der Waals surface area contributed by atoms with Gasteiger partial charge in [0.25, 0.3) is 0 Å². The summed E-state index contributed by atoms with van der Waals surface area (Å²) in [6.07, 6.45) is 0. The van der Waals surface area contributed by atoms with E-state index in [0.717, 1.165) is 18.2 Å². The molecule has 0 aliphatic rings. The Morgan fingerprint density at radius 1 is 1.30 bits per heavy atom. The zero-order valence-corrected chi connectivity index (χ0v) is 12.3. The van der Waals surface area contributed by atoms with Crippen LogP contribution in [-0.2, 0) is 24.8 Å². The molecule has 0 heterocycles. The molecule has 10 heteroatoms. The summed E-state index contributed by atoms with van der Waals surface area (Å²) in [4.78, 5) is -0.699. The van der Waals surface area contributed by atoms with Gasteiger partial charge in [0.05, 0.1) is 18.0 Å². The molecule has 0 saturated carbocycles. The zero-order valence-electron chi connectivity index (χ0n) is 10.7. The van der Waals surface area contributed by atoms with Gasteiger partial charge in [0.1, 0.15) is 10.7 Å². The predicted octanol–water partition coefficient (Wildman–Crippen LogP) is 0.251. The summed E-state index contributed by atoms with van der Waals surface area (Å²) >= 11 is 0. The highest BCUT2D eigenvalue weighted by atomic mass is 32.2. The van der Waals surface area contributed by atoms with Crippen molar-refractivity contribution in [3.8, 4) is 0 Å². The SMILES string of the molecule is CCOCCS(=O)(=O)Nc1ccc(S(N)(=O)=O)c(F)c1. The van der Waals surface area contributed by atoms with Crippen molar-refractivity contribution in [3.05, 3.63) is 24.0 Å². The Balaban J connectivity index is 2.87. The lowest BCUT2D eigenvalue weighted by molar-refractivity contribution is 0.163. The molecule has 3 N–H and O–H groups in total. The van der Waals surface area contributed by atoms with Crippen LogP contribution in [-0.4, -0.2) is 35.8 Å². The lowest BCUT2D eigenvalue weighted by atomic mass is 10.3. The molecule has 20 heavy (non-hydrogen) atoms. The summed E-state index contributed by atoms with van der Waals surface area (Å²) in [7, 11) is -7.88. The van der Waals surface area contributed by atoms with Crippen LogP contribution in [0.5, 0.6) is 0 Å². The van der Waals surface area contributed by atoms with Crippen molar-refractivity contribution in [1.82, 2.24) is 0 Å². The highest BCUT2D eigenvalue weighted by Crippen LogP contribution is 2.18. The number of benzene rings is 1. The third kappa shape index (κ3) is 5.04. The van der Waals surface area contributed by atoms with Gasteiger partial charge in [-0.15, -0.1) is 0 Å². The molecular weight excluding hydrogens is 311 g/mol. The van der Waals surface area contributed by atoms with Crippen molar-refractivity contribution in [1.29, 1.82) is 0 Å². The van der Waals surface area contributed by atoms with Gasteiger partial charge in [-0.05, 0) is 25.1 Å². The molecule has 0 bridgehead atoms. The molecule has 0 aromatic heterocycles. The standard InChI is InChI=1S/C10H15FN2O5S2/c1-2-18-5-6-19(14,15)13-8-3-4-10(9(11)7-8)20(12,16)17/h3-4,7,13H,2,5-6H2,1H3,(H2,12,16,17). The van der Waals surface area contributed by atoms with Gasteiger partial charge in [-0.25, -0.2) is 26.4 Å². The van der Waals surface area contributed by atoms with E-state index in [1.54, 1.807) is 6.92 Å². The van der Waals surface area contributed by atoms with Crippen LogP contribution in [0.1, 0.15) is 6.92 Å². The number of rotatable bonds is 7. The molecule has 1 aromatic rings. The second-order valence-electron chi connectivity index (χ2n) is 3.81. The summed E-state index contributed by atoms with van der Waals surface area (Å²) in [6, 6.07) is 2.75. The largest absolute Gasteiger partial charge is 0.381 e. The number of ether oxygens (including phenoxy) is 1. The third-order valence-corrected chi connectivity index (χ3v) is 4.41. The normalized spacial score (nSPS) is 12.3. The van der Waals surface area contributed by atoms with E-state index >= 15 is 0 Å². The molecule has 114 valence electrons. The van der Waals surface area contributed by atoms with E-state index in [2.05, 4.69) is 4.72 Å². The molecule has 7 nitrogen and oxygen atoms in total. The average molecular weight is 326 g/mol. The molecule has 0 unspecified atom stereocenters. The van der Waals surface area contributed by atoms with Gasteiger partial charge < -0.3 is 4.74 Å². The van der Waals surface area contributed by atoms with Crippen molar-refractivity contribution < 1.29 is 26.0 Å². The summed E-state index contributed by atoms with van der Waals surface area (Å²) in [6.45, 7) is 2.11. The van der Waals surface area contributed by atoms with Crippen LogP contribution < -0.4 is 9.86 Å². The molecule has 0 aliphatic heterocycles. The molecule has 0 atom stereocenters. The van der Waals surface area contributed by atoms with E-state index < -0.39 is 30.8 Å². The minimum Gasteiger partial charge on any atom is -0.381 e. The van der Waals surface area contributed by atoms with E-state index in [0.29, 0.717) is 6.61 Å². The molecule has 0 fully saturated rings. The van der Waals surface area contributed by atoms with Crippen molar-refractivity contribution in [2.45, 2.75) is 11.8 Å². The third-order valence-electron chi connectivity index (χ3n) is 2.21. The van der Waals surface area contributed by atoms with E-state index in [1.807, 2.05) is 0 Å². The molecule has 1 rings (SSSR count). The predicted molar refractivity (Wildman–Crippen MR) is 71.7 cm³/mol. The van der Waals surface area contributed by atoms with Gasteiger partial charge in [0, 0.05) is 6.61 Å². The summed E-state index contributed by atoms with van der Waals surface area (Å²) in [5.41, 5.74) is -0.0913. The zero-order chi connectivity index (χ0) is 15.4. The second-order valence-corrected chi connectivity index (χ2v) is 7.18. The van der Waals surface area contributed by atoms with Crippen molar-refractivity contribution in [3.63, 3.8) is 0 Å². The van der Waals surface area contributed by atoms with Gasteiger partial charge in [-0.2, -0.15) is 0 Å². The number of sulfonamides is 2. The fraction of sp³-hybridized carbons (Fsp3) is 0.400. The Morgan fingerprint density at radius 2 is 1.95 bits per heavy atom. The van der Waals surface area contributed by atoms with Gasteiger partial charge in [-0.3, -0.25) is 4.72 Å². The minimum absolute atomic E-state index is 0.00355. The smallest absolute Gasteiger partial charge is 0.240 e. The van der Waals surface area contributed by atoms with E-state index in [-0.39, 0.29) is 18.0 Å². The highest BCUT2D eigenvalue weighted by molar-refractivity contribution is 7.92. The van der Waals surface area contributed by atoms with E-state index in [4.69, 9.17) is 9.88 Å². The quantitative estimate of drug-likeness (QED) is 0.697. The molecule has 0 radical (unpaired) electrons. The van der Waals surface area contributed by atoms with Crippen molar-refractivity contribution in [2.75, 3.05) is 23.7 Å². The van der Waals surface area contributed by atoms with Crippen LogP contribution >= 0.6 is 0 Å². The number of nitrogens with two attached hydrogens (primary N) is 1. The number of anilines is 1. The monoisotopic (exact) mass is 326 g/mol. The Labute approximate surface area is 117 Å². The van der Waals surface area contributed by atoms with E-state index in [1.165, 1.54) is 0 Å². The fourth-order valence-electron chi connectivity index (χ4n) is 1.34. The van der Waals surface area contributed by atoms with Crippen LogP contribution in [0.3, 0.4) is 0 Å². The Kier molecular flexibility index (Phi) is 5.45. The summed E-state index contributed by atoms with van der Waals surface area (Å²) in [5, 5.41) is 4.79. The second kappa shape index (κ2) is 6.48. The van der Waals surface area contributed by atoms with Crippen LogP contribution in [0, 0.1) is 5.82 Å². The van der Waals surface area contributed by atoms with Gasteiger partial charge >= 0.3 is 0 Å². The van der Waals surface area contributed by atoms with Crippen LogP contribution in [0.15, 0.2) is 23.1 Å². The number of nitrogens with one attached hydrogen (secondary N) is 1. The number of primary sulfonamides is 1. The molecule has 0 saturated heterocycles. The first-order chi connectivity index (χ1) is 9.15. The fourth-order valence-corrected chi connectivity index (χ4v) is 2.85. The maximum absolute atomic E-state index is 13.5. The number of hydrogen-bond donors (Lipinski definition) is 2. The number of halogens is 1. The van der Waals surface area contributed by atoms with Crippen LogP contribution in [0.25, 0.3) is 0 Å². The summed E-state index contributed by atoms with van der Waals surface area (Å²) < 4.78 is 65.8. The lowest BCUT2D eigenvalue weighted by Gasteiger charge is -2.09. The summed E-state index contributed by atoms with van der Waals surface area (Å²) in [5.74, 6) is -1.42. The maximum atomic E-state index is 13.5. The first-order valence-corrected chi connectivity index (χ1v) is 8.76. The lowest BCUT2D eigenvalue weighted by Crippen LogP contribution is -2.20. The molecule has 0 spiro atoms. The topological polar surface area (TPSA) is 116 Å². The Bertz CT molecular complexity index is 673. The maximum Gasteiger partial charge on any atom is 0.240 e. The van der Waals surface area contributed by atoms with Gasteiger partial charge in [0.2, 0.25) is 20.0 Å². The van der Waals surface area contributed by atoms with Crippen LogP contribution in [0.4, 0.5) is 10.1 Å². The molecular formula is C10H15FN2O5S2. The highest BCUT2D eigenvalue weighted by Gasteiger charge is 2.16. The number of hydrogen-bond acceptors (Lipinski definition) is 5. The van der Waals surface area contributed by atoms with Crippen molar-refractivity contribution in [2.24, 2.45) is 5.14 Å². The Morgan fingerprint density at radius 3 is 2.45 bits per heavy atom. The molecule has 0 aliphatic carbocycles. The molecule has 0 amide bonds. The first-order valence-electron chi connectivity index (χ1n) is 5.56. The molecule has 1 aromatic carbocycles. The Hall–Kier alpha value is -1.23. The average Bonchev–Trinajstić information content (AvgIpc) is 2.26. The minimum atomic E-state index is -4.18. The van der Waals surface area contributed by atoms with Gasteiger partial charge in [-0.1, -0.05) is 0 Å². The van der Waals surface area contributed by atoms with Crippen molar-refractivity contribution >= 4 is 25.7 Å².